The Bertz CT molecular complexity index is 3000. The van der Waals surface area contributed by atoms with Gasteiger partial charge in [-0.15, -0.1) is 0 Å². The third-order valence-electron chi connectivity index (χ3n) is 13.9. The molecule has 1 aliphatic rings. The molecule has 4 aromatic rings. The second-order valence-electron chi connectivity index (χ2n) is 20.6. The van der Waals surface area contributed by atoms with Gasteiger partial charge in [-0.05, 0) is 77.4 Å². The predicted octanol–water partition coefficient (Wildman–Crippen LogP) is -2.34. The Morgan fingerprint density at radius 2 is 1.23 bits per heavy atom. The van der Waals surface area contributed by atoms with Crippen molar-refractivity contribution in [3.8, 4) is 5.75 Å². The van der Waals surface area contributed by atoms with E-state index in [2.05, 4.69) is 47.5 Å². The molecule has 0 bridgehead atoms. The zero-order chi connectivity index (χ0) is 62.5. The van der Waals surface area contributed by atoms with Crippen LogP contribution in [-0.4, -0.2) is 217 Å². The van der Waals surface area contributed by atoms with Crippen molar-refractivity contribution in [1.29, 1.82) is 0 Å². The minimum Gasteiger partial charge on any atom is -0.508 e. The van der Waals surface area contributed by atoms with E-state index in [-0.39, 0.29) is 147 Å². The van der Waals surface area contributed by atoms with Gasteiger partial charge in [0.05, 0.1) is 32.7 Å². The van der Waals surface area contributed by atoms with Gasteiger partial charge in [0.15, 0.2) is 5.96 Å². The van der Waals surface area contributed by atoms with E-state index in [0.717, 1.165) is 10.8 Å². The smallest absolute Gasteiger partial charge is 0.317 e. The van der Waals surface area contributed by atoms with Crippen molar-refractivity contribution in [1.82, 2.24) is 57.2 Å². The highest BCUT2D eigenvalue weighted by Crippen LogP contribution is 2.19. The average Bonchev–Trinajstić information content (AvgIpc) is 2.91. The number of benzene rings is 4. The molecule has 1 fully saturated rings. The summed E-state index contributed by atoms with van der Waals surface area (Å²) in [5.41, 5.74) is 13.3. The van der Waals surface area contributed by atoms with Crippen LogP contribution in [0.15, 0.2) is 96.0 Å². The van der Waals surface area contributed by atoms with Crippen molar-refractivity contribution in [2.75, 3.05) is 92.1 Å². The Morgan fingerprint density at radius 1 is 0.628 bits per heavy atom. The summed E-state index contributed by atoms with van der Waals surface area (Å²) in [5.74, 6) is -7.88. The molecular weight excluding hydrogens is 1120 g/mol. The first-order chi connectivity index (χ1) is 41.1. The maximum Gasteiger partial charge on any atom is 0.317 e. The summed E-state index contributed by atoms with van der Waals surface area (Å²) in [5, 5.41) is 61.5. The van der Waals surface area contributed by atoms with E-state index in [0.29, 0.717) is 16.7 Å². The fourth-order valence-electron chi connectivity index (χ4n) is 9.34. The molecule has 1 saturated heterocycles. The SMILES string of the molecule is CN1C(=O)[C@@H](Cc2ccc(O)cc2)NC(=O)CNC(=O)[C@H](Cc2ccc3ccccc3c2)NC(=O)[C@H](CCCN=C(N)N)NC(=O)[C@H]1CCCNC(=O)c1ccc(CNC(=O)CNCCN(CCN(CCNCC(=O)O)CC(=O)O)CC(=O)O)cc1. The first-order valence-corrected chi connectivity index (χ1v) is 28.0. The van der Waals surface area contributed by atoms with Crippen molar-refractivity contribution >= 4 is 76.0 Å². The number of fused-ring (bicyclic) bond motifs is 1. The molecule has 0 radical (unpaired) electrons. The monoisotopic (exact) mass is 1190 g/mol. The summed E-state index contributed by atoms with van der Waals surface area (Å²) in [6, 6.07) is 20.5. The number of hydrogen-bond donors (Lipinski definition) is 14. The van der Waals surface area contributed by atoms with Crippen LogP contribution in [0.25, 0.3) is 10.8 Å². The van der Waals surface area contributed by atoms with E-state index in [1.807, 2.05) is 42.5 Å². The van der Waals surface area contributed by atoms with Crippen molar-refractivity contribution in [3.05, 3.63) is 113 Å². The molecule has 7 amide bonds. The van der Waals surface area contributed by atoms with Gasteiger partial charge in [-0.1, -0.05) is 66.7 Å². The number of aliphatic carboxylic acids is 3. The van der Waals surface area contributed by atoms with Crippen LogP contribution in [-0.2, 0) is 62.5 Å². The van der Waals surface area contributed by atoms with Crippen LogP contribution in [0.1, 0.15) is 52.7 Å². The number of nitrogens with zero attached hydrogens (tertiary/aromatic N) is 4. The molecule has 464 valence electrons. The fraction of sp³-hybridized carbons (Fsp3) is 0.431. The standard InChI is InChI=1S/C58H78N14O14/c1-70-47(9-5-20-63-53(82)41-16-10-38(11-17-41)31-65-48(74)32-61-22-24-71(35-51(78)79)26-27-72(36-52(80)81)25-23-62-34-50(76)77)56(85)68-44(8-4-21-64-58(59)60)55(84)69-45(30-39-12-15-40-6-2-3-7-42(40)28-39)54(83)66-33-49(75)67-46(57(70)86)29-37-13-18-43(73)19-14-37/h2-3,6-7,10-19,28,44-47,61-62,73H,4-5,8-9,20-27,29-36H2,1H3,(H,63,82)(H,65,74)(H,66,83)(H,67,75)(H,68,85)(H,69,84)(H,76,77)(H,78,79)(H,80,81)(H4,59,60,64)/t44-,45-,46+,47+/m0/s1. The molecule has 1 heterocycles. The summed E-state index contributed by atoms with van der Waals surface area (Å²) in [6.07, 6.45) is 0.243. The summed E-state index contributed by atoms with van der Waals surface area (Å²) < 4.78 is 0. The fourth-order valence-corrected chi connectivity index (χ4v) is 9.34. The zero-order valence-corrected chi connectivity index (χ0v) is 47.9. The number of amides is 7. The first kappa shape index (κ1) is 67.5. The molecule has 0 aliphatic carbocycles. The summed E-state index contributed by atoms with van der Waals surface area (Å²) in [6.45, 7) is -0.109. The van der Waals surface area contributed by atoms with Crippen LogP contribution < -0.4 is 54.0 Å². The highest BCUT2D eigenvalue weighted by molar-refractivity contribution is 5.98. The van der Waals surface area contributed by atoms with Crippen molar-refractivity contribution in [2.45, 2.75) is 69.2 Å². The highest BCUT2D eigenvalue weighted by atomic mass is 16.4. The van der Waals surface area contributed by atoms with Gasteiger partial charge in [0.1, 0.15) is 29.9 Å². The Kier molecular flexibility index (Phi) is 27.6. The molecule has 0 unspecified atom stereocenters. The molecule has 86 heavy (non-hydrogen) atoms. The number of hydrogen-bond acceptors (Lipinski definition) is 16. The average molecular weight is 1200 g/mol. The maximum atomic E-state index is 14.6. The Labute approximate surface area is 496 Å². The minimum atomic E-state index is -1.28. The van der Waals surface area contributed by atoms with E-state index in [1.165, 1.54) is 24.1 Å². The summed E-state index contributed by atoms with van der Waals surface area (Å²) in [4.78, 5) is 139. The maximum absolute atomic E-state index is 14.6. The molecule has 4 atom stereocenters. The topological polar surface area (TPSA) is 422 Å². The Morgan fingerprint density at radius 3 is 1.87 bits per heavy atom. The lowest BCUT2D eigenvalue weighted by molar-refractivity contribution is -0.142. The van der Waals surface area contributed by atoms with Crippen molar-refractivity contribution in [3.63, 3.8) is 0 Å². The van der Waals surface area contributed by atoms with Gasteiger partial charge >= 0.3 is 17.9 Å². The highest BCUT2D eigenvalue weighted by Gasteiger charge is 2.36. The van der Waals surface area contributed by atoms with Gasteiger partial charge < -0.3 is 79.3 Å². The van der Waals surface area contributed by atoms with E-state index >= 15 is 0 Å². The molecule has 16 N–H and O–H groups in total. The number of carbonyl (C=O) groups is 10. The Balaban J connectivity index is 1.22. The third kappa shape index (κ3) is 24.2. The van der Waals surface area contributed by atoms with Gasteiger partial charge in [0.25, 0.3) is 5.91 Å². The Hall–Kier alpha value is -9.25. The number of nitrogens with two attached hydrogens (primary N) is 2. The number of phenols is 1. The number of likely N-dealkylation sites (N-methyl/N-ethyl adjacent to an activating group) is 1. The lowest BCUT2D eigenvalue weighted by Crippen LogP contribution is -2.58. The van der Waals surface area contributed by atoms with Crippen LogP contribution in [0, 0.1) is 0 Å². The first-order valence-electron chi connectivity index (χ1n) is 28.0. The van der Waals surface area contributed by atoms with Crippen LogP contribution in [0.4, 0.5) is 0 Å². The molecule has 0 aromatic heterocycles. The van der Waals surface area contributed by atoms with Crippen LogP contribution in [0.3, 0.4) is 0 Å². The molecule has 0 spiro atoms. The molecule has 5 rings (SSSR count). The van der Waals surface area contributed by atoms with Gasteiger partial charge in [-0.3, -0.25) is 62.7 Å². The second kappa shape index (κ2) is 35.1. The van der Waals surface area contributed by atoms with Crippen molar-refractivity contribution in [2.24, 2.45) is 16.5 Å². The number of guanidine groups is 1. The lowest BCUT2D eigenvalue weighted by Gasteiger charge is -2.32. The number of aromatic hydroxyl groups is 1. The molecule has 28 heteroatoms. The normalized spacial score (nSPS) is 16.9. The molecule has 0 saturated carbocycles. The van der Waals surface area contributed by atoms with E-state index in [1.54, 1.807) is 46.2 Å². The number of carbonyl (C=O) groups excluding carboxylic acids is 7. The van der Waals surface area contributed by atoms with Crippen LogP contribution in [0.2, 0.25) is 0 Å². The molecule has 28 nitrogen and oxygen atoms in total. The third-order valence-corrected chi connectivity index (χ3v) is 13.9. The minimum absolute atomic E-state index is 0.00365. The van der Waals surface area contributed by atoms with Crippen LogP contribution >= 0.6 is 0 Å². The van der Waals surface area contributed by atoms with Crippen LogP contribution in [0.5, 0.6) is 5.75 Å². The number of carboxylic acids is 3. The van der Waals surface area contributed by atoms with E-state index in [4.69, 9.17) is 16.6 Å². The largest absolute Gasteiger partial charge is 0.508 e. The van der Waals surface area contributed by atoms with E-state index < -0.39 is 84.1 Å². The predicted molar refractivity (Wildman–Crippen MR) is 316 cm³/mol. The number of rotatable bonds is 32. The van der Waals surface area contributed by atoms with Crippen molar-refractivity contribution < 1.29 is 68.4 Å². The van der Waals surface area contributed by atoms with Gasteiger partial charge in [-0.2, -0.15) is 0 Å². The second-order valence-corrected chi connectivity index (χ2v) is 20.6. The lowest BCUT2D eigenvalue weighted by atomic mass is 10.00. The molecule has 1 aliphatic heterocycles. The van der Waals surface area contributed by atoms with E-state index in [9.17, 15) is 63.3 Å². The number of aliphatic imine (C=N–C) groups is 1. The number of nitrogens with one attached hydrogen (secondary N) is 8. The quantitative estimate of drug-likeness (QED) is 0.0138. The number of phenolic OH excluding ortho intramolecular Hbond substituents is 1. The summed E-state index contributed by atoms with van der Waals surface area (Å²) in [7, 11) is 1.38. The zero-order valence-electron chi connectivity index (χ0n) is 47.9. The van der Waals surface area contributed by atoms with Gasteiger partial charge in [0.2, 0.25) is 35.4 Å². The molecule has 4 aromatic carbocycles. The van der Waals surface area contributed by atoms with Gasteiger partial charge in [0, 0.05) is 84.4 Å². The van der Waals surface area contributed by atoms with Gasteiger partial charge in [-0.25, -0.2) is 0 Å². The number of carboxylic acid groups (broad SMARTS) is 3. The summed E-state index contributed by atoms with van der Waals surface area (Å²) >= 11 is 0. The molecular formula is C58H78N14O14.